The number of carbonyl (C=O) groups is 3. The number of piperazine rings is 1. The number of anilines is 2. The number of allylic oxidation sites excluding steroid dienone is 3. The van der Waals surface area contributed by atoms with E-state index in [0.29, 0.717) is 43.1 Å². The minimum atomic E-state index is -0.629. The summed E-state index contributed by atoms with van der Waals surface area (Å²) in [6.45, 7) is 3.66. The van der Waals surface area contributed by atoms with E-state index in [2.05, 4.69) is 11.4 Å². The average molecular weight is 567 g/mol. The van der Waals surface area contributed by atoms with Gasteiger partial charge in [0.2, 0.25) is 5.91 Å². The largest absolute Gasteiger partial charge is 0.445 e. The Balaban J connectivity index is 1.18. The van der Waals surface area contributed by atoms with E-state index in [0.717, 1.165) is 18.4 Å². The summed E-state index contributed by atoms with van der Waals surface area (Å²) < 4.78 is 41.0. The van der Waals surface area contributed by atoms with Crippen LogP contribution in [0.25, 0.3) is 11.1 Å². The zero-order valence-electron chi connectivity index (χ0n) is 22.8. The van der Waals surface area contributed by atoms with E-state index in [9.17, 15) is 14.4 Å². The highest BCUT2D eigenvalue weighted by Gasteiger charge is 2.33. The van der Waals surface area contributed by atoms with Gasteiger partial charge in [0.05, 0.1) is 24.5 Å². The molecule has 2 saturated heterocycles. The van der Waals surface area contributed by atoms with Crippen molar-refractivity contribution in [3.05, 3.63) is 71.8 Å². The Morgan fingerprint density at radius 1 is 1.07 bits per heavy atom. The van der Waals surface area contributed by atoms with Gasteiger partial charge >= 0.3 is 12.2 Å². The first-order chi connectivity index (χ1) is 19.8. The van der Waals surface area contributed by atoms with Gasteiger partial charge in [-0.1, -0.05) is 24.3 Å². The second-order valence-corrected chi connectivity index (χ2v) is 10.2. The molecule has 0 bridgehead atoms. The number of hydrogen-bond donors (Lipinski definition) is 1. The SMILES string of the molecule is CC(=O)NC[C@H]1CN(c2ccc(-c3ccc(N4CCN(C(=O)OCC5=CC=CCC5)CC4)c(F)c3)c(F)c2)C(=O)O1. The molecule has 1 atom stereocenters. The third kappa shape index (κ3) is 6.67. The lowest BCUT2D eigenvalue weighted by atomic mass is 10.0. The van der Waals surface area contributed by atoms with Crippen molar-refractivity contribution in [2.24, 2.45) is 0 Å². The first-order valence-electron chi connectivity index (χ1n) is 13.6. The molecule has 11 heteroatoms. The minimum Gasteiger partial charge on any atom is -0.445 e. The number of rotatable bonds is 7. The topological polar surface area (TPSA) is 91.4 Å². The quantitative estimate of drug-likeness (QED) is 0.526. The number of amides is 3. The molecule has 0 saturated carbocycles. The van der Waals surface area contributed by atoms with Crippen LogP contribution in [0.5, 0.6) is 0 Å². The fourth-order valence-corrected chi connectivity index (χ4v) is 5.08. The Bertz CT molecular complexity index is 1390. The zero-order chi connectivity index (χ0) is 28.9. The van der Waals surface area contributed by atoms with E-state index in [1.165, 1.54) is 30.0 Å². The molecule has 216 valence electrons. The monoisotopic (exact) mass is 566 g/mol. The number of nitrogens with zero attached hydrogens (tertiary/aromatic N) is 3. The first kappa shape index (κ1) is 28.1. The number of nitrogens with one attached hydrogen (secondary N) is 1. The third-order valence-electron chi connectivity index (χ3n) is 7.34. The van der Waals surface area contributed by atoms with Crippen LogP contribution in [-0.4, -0.2) is 75.0 Å². The highest BCUT2D eigenvalue weighted by molar-refractivity contribution is 5.90. The van der Waals surface area contributed by atoms with Gasteiger partial charge in [0.25, 0.3) is 0 Å². The normalized spacial score (nSPS) is 18.7. The van der Waals surface area contributed by atoms with Crippen LogP contribution >= 0.6 is 0 Å². The Hall–Kier alpha value is -4.41. The van der Waals surface area contributed by atoms with Crippen LogP contribution < -0.4 is 15.1 Å². The highest BCUT2D eigenvalue weighted by Crippen LogP contribution is 2.32. The number of cyclic esters (lactones) is 1. The Kier molecular flexibility index (Phi) is 8.51. The highest BCUT2D eigenvalue weighted by atomic mass is 19.1. The van der Waals surface area contributed by atoms with Gasteiger partial charge in [0.1, 0.15) is 24.3 Å². The van der Waals surface area contributed by atoms with E-state index < -0.39 is 23.8 Å². The van der Waals surface area contributed by atoms with Crippen molar-refractivity contribution in [3.8, 4) is 11.1 Å². The van der Waals surface area contributed by atoms with Crippen LogP contribution in [0.4, 0.5) is 29.7 Å². The lowest BCUT2D eigenvalue weighted by Crippen LogP contribution is -2.49. The van der Waals surface area contributed by atoms with Crippen molar-refractivity contribution in [1.82, 2.24) is 10.2 Å². The number of benzene rings is 2. The maximum atomic E-state index is 15.2. The van der Waals surface area contributed by atoms with E-state index in [4.69, 9.17) is 9.47 Å². The molecule has 0 unspecified atom stereocenters. The van der Waals surface area contributed by atoms with Gasteiger partial charge in [0, 0.05) is 38.7 Å². The van der Waals surface area contributed by atoms with Crippen LogP contribution in [0.15, 0.2) is 60.2 Å². The van der Waals surface area contributed by atoms with Crippen molar-refractivity contribution in [2.75, 3.05) is 55.7 Å². The van der Waals surface area contributed by atoms with Gasteiger partial charge in [-0.15, -0.1) is 0 Å². The average Bonchev–Trinajstić information content (AvgIpc) is 3.35. The second-order valence-electron chi connectivity index (χ2n) is 10.2. The van der Waals surface area contributed by atoms with Crippen molar-refractivity contribution in [2.45, 2.75) is 25.9 Å². The standard InChI is InChI=1S/C30H32F2N4O5/c1-20(37)33-17-24-18-36(30(39)41-24)23-8-9-25(26(31)16-23)22-7-10-28(27(32)15-22)34-11-13-35(14-12-34)29(38)40-19-21-5-3-2-4-6-21/h2-3,5,7-10,15-16,24H,4,6,11-14,17-19H2,1H3,(H,33,37)/t24-/m0/s1. The van der Waals surface area contributed by atoms with Gasteiger partial charge in [-0.2, -0.15) is 0 Å². The summed E-state index contributed by atoms with van der Waals surface area (Å²) >= 11 is 0. The van der Waals surface area contributed by atoms with Crippen LogP contribution in [0.3, 0.4) is 0 Å². The van der Waals surface area contributed by atoms with Gasteiger partial charge in [-0.05, 0) is 54.3 Å². The Labute approximate surface area is 237 Å². The van der Waals surface area contributed by atoms with Gasteiger partial charge < -0.3 is 24.6 Å². The predicted octanol–water partition coefficient (Wildman–Crippen LogP) is 4.63. The van der Waals surface area contributed by atoms with Crippen molar-refractivity contribution in [3.63, 3.8) is 0 Å². The summed E-state index contributed by atoms with van der Waals surface area (Å²) in [5.41, 5.74) is 2.32. The van der Waals surface area contributed by atoms with Gasteiger partial charge in [-0.3, -0.25) is 9.69 Å². The summed E-state index contributed by atoms with van der Waals surface area (Å²) in [7, 11) is 0. The fourth-order valence-electron chi connectivity index (χ4n) is 5.08. The van der Waals surface area contributed by atoms with E-state index in [-0.39, 0.29) is 37.3 Å². The lowest BCUT2D eigenvalue weighted by Gasteiger charge is -2.35. The number of hydrogen-bond acceptors (Lipinski definition) is 6. The molecule has 3 aliphatic rings. The summed E-state index contributed by atoms with van der Waals surface area (Å²) in [4.78, 5) is 40.6. The summed E-state index contributed by atoms with van der Waals surface area (Å²) in [6.07, 6.45) is 6.29. The molecule has 0 aromatic heterocycles. The molecule has 9 nitrogen and oxygen atoms in total. The van der Waals surface area contributed by atoms with Crippen LogP contribution in [-0.2, 0) is 14.3 Å². The number of ether oxygens (including phenoxy) is 2. The molecular weight excluding hydrogens is 534 g/mol. The van der Waals surface area contributed by atoms with Crippen molar-refractivity contribution >= 4 is 29.5 Å². The number of carbonyl (C=O) groups excluding carboxylic acids is 3. The molecule has 1 aliphatic carbocycles. The van der Waals surface area contributed by atoms with Gasteiger partial charge in [-0.25, -0.2) is 18.4 Å². The fraction of sp³-hybridized carbons (Fsp3) is 0.367. The molecular formula is C30H32F2N4O5. The molecule has 2 aliphatic heterocycles. The molecule has 2 aromatic carbocycles. The van der Waals surface area contributed by atoms with E-state index in [1.807, 2.05) is 17.1 Å². The molecule has 1 N–H and O–H groups in total. The third-order valence-corrected chi connectivity index (χ3v) is 7.34. The molecule has 2 aromatic rings. The first-order valence-corrected chi connectivity index (χ1v) is 13.6. The number of halogens is 2. The molecule has 2 fully saturated rings. The molecule has 41 heavy (non-hydrogen) atoms. The molecule has 0 radical (unpaired) electrons. The molecule has 0 spiro atoms. The van der Waals surface area contributed by atoms with Crippen LogP contribution in [0.2, 0.25) is 0 Å². The minimum absolute atomic E-state index is 0.166. The summed E-state index contributed by atoms with van der Waals surface area (Å²) in [6, 6.07) is 8.83. The predicted molar refractivity (Wildman–Crippen MR) is 150 cm³/mol. The smallest absolute Gasteiger partial charge is 0.414 e. The maximum absolute atomic E-state index is 15.2. The molecule has 5 rings (SSSR count). The van der Waals surface area contributed by atoms with Gasteiger partial charge in [0.15, 0.2) is 0 Å². The molecule has 2 heterocycles. The summed E-state index contributed by atoms with van der Waals surface area (Å²) in [5.74, 6) is -1.35. The van der Waals surface area contributed by atoms with Crippen LogP contribution in [0.1, 0.15) is 19.8 Å². The maximum Gasteiger partial charge on any atom is 0.414 e. The van der Waals surface area contributed by atoms with E-state index in [1.54, 1.807) is 23.1 Å². The Morgan fingerprint density at radius 3 is 2.56 bits per heavy atom. The zero-order valence-corrected chi connectivity index (χ0v) is 22.8. The summed E-state index contributed by atoms with van der Waals surface area (Å²) in [5, 5.41) is 2.60. The second kappa shape index (κ2) is 12.4. The molecule has 3 amide bonds. The lowest BCUT2D eigenvalue weighted by molar-refractivity contribution is -0.119. The van der Waals surface area contributed by atoms with Crippen LogP contribution in [0, 0.1) is 11.6 Å². The Morgan fingerprint density at radius 2 is 1.88 bits per heavy atom. The van der Waals surface area contributed by atoms with Crippen molar-refractivity contribution < 1.29 is 32.6 Å². The van der Waals surface area contributed by atoms with Crippen molar-refractivity contribution in [1.29, 1.82) is 0 Å². The van der Waals surface area contributed by atoms with E-state index >= 15 is 8.78 Å².